The fourth-order valence-electron chi connectivity index (χ4n) is 3.31. The summed E-state index contributed by atoms with van der Waals surface area (Å²) in [7, 11) is 0. The molecule has 1 saturated heterocycles. The van der Waals surface area contributed by atoms with E-state index < -0.39 is 0 Å². The molecule has 0 bridgehead atoms. The number of aliphatic hydroxyl groups excluding tert-OH is 1. The highest BCUT2D eigenvalue weighted by Crippen LogP contribution is 2.31. The molecule has 0 spiro atoms. The Morgan fingerprint density at radius 1 is 1.00 bits per heavy atom. The van der Waals surface area contributed by atoms with Gasteiger partial charge in [-0.3, -0.25) is 4.90 Å². The fourth-order valence-corrected chi connectivity index (χ4v) is 3.31. The standard InChI is InChI=1S/C13H25NO/c1-10-6-5-9-14(11(10)2)12-7-3-4-8-13(12)15/h10-13,15H,3-9H2,1-2H3. The van der Waals surface area contributed by atoms with Gasteiger partial charge in [0.1, 0.15) is 0 Å². The van der Waals surface area contributed by atoms with Crippen LogP contribution in [0, 0.1) is 5.92 Å². The van der Waals surface area contributed by atoms with Crippen LogP contribution in [-0.4, -0.2) is 34.7 Å². The summed E-state index contributed by atoms with van der Waals surface area (Å²) in [5.74, 6) is 0.799. The molecule has 0 radical (unpaired) electrons. The SMILES string of the molecule is CC1CCCN(C2CCCCC2O)C1C. The Labute approximate surface area is 93.7 Å². The van der Waals surface area contributed by atoms with Gasteiger partial charge in [-0.05, 0) is 45.1 Å². The van der Waals surface area contributed by atoms with Crippen molar-refractivity contribution >= 4 is 0 Å². The van der Waals surface area contributed by atoms with Crippen molar-refractivity contribution in [2.75, 3.05) is 6.54 Å². The first-order chi connectivity index (χ1) is 7.20. The number of rotatable bonds is 1. The Kier molecular flexibility index (Phi) is 3.68. The second kappa shape index (κ2) is 4.84. The Hall–Kier alpha value is -0.0800. The van der Waals surface area contributed by atoms with Crippen molar-refractivity contribution in [3.8, 4) is 0 Å². The van der Waals surface area contributed by atoms with Crippen molar-refractivity contribution in [2.24, 2.45) is 5.92 Å². The molecule has 1 heterocycles. The molecule has 0 aromatic rings. The molecule has 1 N–H and O–H groups in total. The number of nitrogens with zero attached hydrogens (tertiary/aromatic N) is 1. The molecular formula is C13H25NO. The third-order valence-corrected chi connectivity index (χ3v) is 4.54. The van der Waals surface area contributed by atoms with E-state index >= 15 is 0 Å². The summed E-state index contributed by atoms with van der Waals surface area (Å²) < 4.78 is 0. The van der Waals surface area contributed by atoms with Crippen molar-refractivity contribution in [3.63, 3.8) is 0 Å². The van der Waals surface area contributed by atoms with Gasteiger partial charge in [0, 0.05) is 12.1 Å². The van der Waals surface area contributed by atoms with E-state index in [9.17, 15) is 5.11 Å². The van der Waals surface area contributed by atoms with Gasteiger partial charge >= 0.3 is 0 Å². The van der Waals surface area contributed by atoms with Crippen LogP contribution in [0.3, 0.4) is 0 Å². The van der Waals surface area contributed by atoms with E-state index in [0.717, 1.165) is 12.3 Å². The second-order valence-corrected chi connectivity index (χ2v) is 5.52. The maximum Gasteiger partial charge on any atom is 0.0695 e. The van der Waals surface area contributed by atoms with Crippen molar-refractivity contribution in [3.05, 3.63) is 0 Å². The lowest BCUT2D eigenvalue weighted by molar-refractivity contribution is -0.0245. The summed E-state index contributed by atoms with van der Waals surface area (Å²) in [6.07, 6.45) is 7.36. The van der Waals surface area contributed by atoms with Crippen LogP contribution < -0.4 is 0 Å². The highest BCUT2D eigenvalue weighted by atomic mass is 16.3. The Bertz CT molecular complexity index is 207. The minimum absolute atomic E-state index is 0.0634. The molecule has 1 aliphatic heterocycles. The highest BCUT2D eigenvalue weighted by molar-refractivity contribution is 4.89. The quantitative estimate of drug-likeness (QED) is 0.720. The third-order valence-electron chi connectivity index (χ3n) is 4.54. The lowest BCUT2D eigenvalue weighted by atomic mass is 9.85. The zero-order chi connectivity index (χ0) is 10.8. The molecule has 2 nitrogen and oxygen atoms in total. The molecule has 0 amide bonds. The van der Waals surface area contributed by atoms with Gasteiger partial charge in [-0.2, -0.15) is 0 Å². The minimum atomic E-state index is -0.0634. The molecule has 1 saturated carbocycles. The monoisotopic (exact) mass is 211 g/mol. The third kappa shape index (κ3) is 2.36. The molecule has 15 heavy (non-hydrogen) atoms. The molecular weight excluding hydrogens is 186 g/mol. The molecule has 0 aromatic carbocycles. The molecule has 2 fully saturated rings. The molecule has 4 unspecified atom stereocenters. The summed E-state index contributed by atoms with van der Waals surface area (Å²) >= 11 is 0. The maximum atomic E-state index is 10.1. The zero-order valence-corrected chi connectivity index (χ0v) is 10.2. The van der Waals surface area contributed by atoms with Crippen molar-refractivity contribution in [1.29, 1.82) is 0 Å². The number of hydrogen-bond acceptors (Lipinski definition) is 2. The van der Waals surface area contributed by atoms with E-state index in [-0.39, 0.29) is 6.10 Å². The topological polar surface area (TPSA) is 23.5 Å². The van der Waals surface area contributed by atoms with Crippen molar-refractivity contribution in [1.82, 2.24) is 4.90 Å². The first kappa shape index (κ1) is 11.4. The number of hydrogen-bond donors (Lipinski definition) is 1. The summed E-state index contributed by atoms with van der Waals surface area (Å²) in [5.41, 5.74) is 0. The second-order valence-electron chi connectivity index (χ2n) is 5.52. The molecule has 2 aliphatic rings. The predicted octanol–water partition coefficient (Wildman–Crippen LogP) is 2.41. The van der Waals surface area contributed by atoms with Crippen LogP contribution in [0.1, 0.15) is 52.4 Å². The summed E-state index contributed by atoms with van der Waals surface area (Å²) in [5, 5.41) is 10.1. The molecule has 2 rings (SSSR count). The minimum Gasteiger partial charge on any atom is -0.391 e. The summed E-state index contributed by atoms with van der Waals surface area (Å²) in [4.78, 5) is 2.58. The van der Waals surface area contributed by atoms with E-state index in [2.05, 4.69) is 18.7 Å². The number of aliphatic hydroxyl groups is 1. The largest absolute Gasteiger partial charge is 0.391 e. The number of likely N-dealkylation sites (tertiary alicyclic amines) is 1. The Balaban J connectivity index is 2.01. The lowest BCUT2D eigenvalue weighted by Crippen LogP contribution is -2.53. The molecule has 2 heteroatoms. The van der Waals surface area contributed by atoms with Gasteiger partial charge in [0.15, 0.2) is 0 Å². The van der Waals surface area contributed by atoms with Gasteiger partial charge in [-0.25, -0.2) is 0 Å². The maximum absolute atomic E-state index is 10.1. The first-order valence-electron chi connectivity index (χ1n) is 6.64. The van der Waals surface area contributed by atoms with Gasteiger partial charge in [0.05, 0.1) is 6.10 Å². The van der Waals surface area contributed by atoms with Gasteiger partial charge in [-0.15, -0.1) is 0 Å². The Morgan fingerprint density at radius 2 is 1.73 bits per heavy atom. The zero-order valence-electron chi connectivity index (χ0n) is 10.2. The van der Waals surface area contributed by atoms with E-state index in [1.165, 1.54) is 38.6 Å². The van der Waals surface area contributed by atoms with Crippen molar-refractivity contribution in [2.45, 2.75) is 70.6 Å². The van der Waals surface area contributed by atoms with Crippen LogP contribution in [0.25, 0.3) is 0 Å². The molecule has 88 valence electrons. The fraction of sp³-hybridized carbons (Fsp3) is 1.00. The molecule has 4 atom stereocenters. The van der Waals surface area contributed by atoms with Crippen LogP contribution >= 0.6 is 0 Å². The van der Waals surface area contributed by atoms with E-state index in [0.29, 0.717) is 12.1 Å². The Morgan fingerprint density at radius 3 is 2.47 bits per heavy atom. The van der Waals surface area contributed by atoms with Crippen LogP contribution in [0.5, 0.6) is 0 Å². The normalized spacial score (nSPS) is 44.2. The van der Waals surface area contributed by atoms with Crippen LogP contribution in [-0.2, 0) is 0 Å². The average molecular weight is 211 g/mol. The van der Waals surface area contributed by atoms with Gasteiger partial charge in [0.2, 0.25) is 0 Å². The van der Waals surface area contributed by atoms with Crippen LogP contribution in [0.4, 0.5) is 0 Å². The van der Waals surface area contributed by atoms with Gasteiger partial charge < -0.3 is 5.11 Å². The average Bonchev–Trinajstić information content (AvgIpc) is 2.23. The van der Waals surface area contributed by atoms with E-state index in [1.807, 2.05) is 0 Å². The summed E-state index contributed by atoms with van der Waals surface area (Å²) in [6.45, 7) is 5.89. The van der Waals surface area contributed by atoms with Gasteiger partial charge in [-0.1, -0.05) is 19.8 Å². The number of piperidine rings is 1. The smallest absolute Gasteiger partial charge is 0.0695 e. The molecule has 0 aromatic heterocycles. The predicted molar refractivity (Wildman–Crippen MR) is 62.8 cm³/mol. The van der Waals surface area contributed by atoms with Crippen LogP contribution in [0.15, 0.2) is 0 Å². The van der Waals surface area contributed by atoms with Crippen molar-refractivity contribution < 1.29 is 5.11 Å². The van der Waals surface area contributed by atoms with E-state index in [1.54, 1.807) is 0 Å². The van der Waals surface area contributed by atoms with E-state index in [4.69, 9.17) is 0 Å². The van der Waals surface area contributed by atoms with Gasteiger partial charge in [0.25, 0.3) is 0 Å². The highest BCUT2D eigenvalue weighted by Gasteiger charge is 2.34. The summed E-state index contributed by atoms with van der Waals surface area (Å²) in [6, 6.07) is 1.12. The first-order valence-corrected chi connectivity index (χ1v) is 6.64. The lowest BCUT2D eigenvalue weighted by Gasteiger charge is -2.46. The molecule has 1 aliphatic carbocycles. The van der Waals surface area contributed by atoms with Crippen LogP contribution in [0.2, 0.25) is 0 Å².